The van der Waals surface area contributed by atoms with Gasteiger partial charge in [-0.05, 0) is 51.0 Å². The molecule has 0 aliphatic carbocycles. The Hall–Kier alpha value is -1.59. The molecule has 2 aliphatic rings. The maximum Gasteiger partial charge on any atom is 0.241 e. The third kappa shape index (κ3) is 4.15. The second-order valence-electron chi connectivity index (χ2n) is 7.68. The summed E-state index contributed by atoms with van der Waals surface area (Å²) in [5.41, 5.74) is 3.93. The number of aryl methyl sites for hydroxylation is 2. The first kappa shape index (κ1) is 18.2. The monoisotopic (exact) mass is 344 g/mol. The molecule has 25 heavy (non-hydrogen) atoms. The number of rotatable bonds is 3. The zero-order valence-corrected chi connectivity index (χ0v) is 16.1. The summed E-state index contributed by atoms with van der Waals surface area (Å²) in [4.78, 5) is 19.7. The van der Waals surface area contributed by atoms with Gasteiger partial charge in [0.15, 0.2) is 0 Å². The number of carbonyl (C=O) groups is 1. The van der Waals surface area contributed by atoms with Gasteiger partial charge in [-0.3, -0.25) is 9.69 Å². The molecule has 5 heteroatoms. The summed E-state index contributed by atoms with van der Waals surface area (Å²) < 4.78 is 0. The van der Waals surface area contributed by atoms with Gasteiger partial charge >= 0.3 is 0 Å². The standard InChI is InChI=1S/C20H32N4O/c1-15(2)24-8-7-21-19(14-24)20(25)23-11-9-22(10-12-23)18-6-5-16(3)17(4)13-18/h5-6,13,15,19,21H,7-12,14H2,1-4H3/t19-/m1/s1. The largest absolute Gasteiger partial charge is 0.368 e. The summed E-state index contributed by atoms with van der Waals surface area (Å²) in [5, 5.41) is 3.41. The molecule has 1 N–H and O–H groups in total. The Balaban J connectivity index is 1.56. The van der Waals surface area contributed by atoms with Crippen LogP contribution in [0.25, 0.3) is 0 Å². The van der Waals surface area contributed by atoms with Crippen molar-refractivity contribution >= 4 is 11.6 Å². The van der Waals surface area contributed by atoms with Crippen LogP contribution in [0.2, 0.25) is 0 Å². The highest BCUT2D eigenvalue weighted by molar-refractivity contribution is 5.82. The van der Waals surface area contributed by atoms with Crippen molar-refractivity contribution in [2.45, 2.75) is 39.8 Å². The minimum atomic E-state index is -0.0516. The third-order valence-electron chi connectivity index (χ3n) is 5.68. The van der Waals surface area contributed by atoms with E-state index < -0.39 is 0 Å². The number of carbonyl (C=O) groups excluding carboxylic acids is 1. The minimum absolute atomic E-state index is 0.0516. The second kappa shape index (κ2) is 7.75. The smallest absolute Gasteiger partial charge is 0.241 e. The zero-order chi connectivity index (χ0) is 18.0. The molecule has 0 unspecified atom stereocenters. The Morgan fingerprint density at radius 3 is 2.44 bits per heavy atom. The lowest BCUT2D eigenvalue weighted by molar-refractivity contribution is -0.135. The van der Waals surface area contributed by atoms with E-state index in [0.29, 0.717) is 6.04 Å². The van der Waals surface area contributed by atoms with Crippen molar-refractivity contribution < 1.29 is 4.79 Å². The highest BCUT2D eigenvalue weighted by Crippen LogP contribution is 2.20. The number of anilines is 1. The van der Waals surface area contributed by atoms with Crippen LogP contribution in [0.15, 0.2) is 18.2 Å². The number of hydrogen-bond acceptors (Lipinski definition) is 4. The summed E-state index contributed by atoms with van der Waals surface area (Å²) >= 11 is 0. The number of nitrogens with one attached hydrogen (secondary N) is 1. The Bertz CT molecular complexity index is 608. The van der Waals surface area contributed by atoms with Crippen molar-refractivity contribution in [3.63, 3.8) is 0 Å². The molecule has 1 amide bonds. The van der Waals surface area contributed by atoms with Crippen molar-refractivity contribution in [3.05, 3.63) is 29.3 Å². The van der Waals surface area contributed by atoms with E-state index in [1.807, 2.05) is 4.90 Å². The van der Waals surface area contributed by atoms with Crippen molar-refractivity contribution in [1.82, 2.24) is 15.1 Å². The topological polar surface area (TPSA) is 38.8 Å². The van der Waals surface area contributed by atoms with Gasteiger partial charge in [-0.2, -0.15) is 0 Å². The first-order valence-electron chi connectivity index (χ1n) is 9.54. The maximum atomic E-state index is 12.9. The van der Waals surface area contributed by atoms with Crippen LogP contribution in [0.1, 0.15) is 25.0 Å². The lowest BCUT2D eigenvalue weighted by Crippen LogP contribution is -2.61. The summed E-state index contributed by atoms with van der Waals surface area (Å²) in [6, 6.07) is 7.09. The lowest BCUT2D eigenvalue weighted by Gasteiger charge is -2.41. The van der Waals surface area contributed by atoms with Crippen LogP contribution >= 0.6 is 0 Å². The minimum Gasteiger partial charge on any atom is -0.368 e. The van der Waals surface area contributed by atoms with E-state index in [-0.39, 0.29) is 11.9 Å². The molecule has 3 rings (SSSR count). The van der Waals surface area contributed by atoms with Crippen LogP contribution < -0.4 is 10.2 Å². The molecule has 0 saturated carbocycles. The highest BCUT2D eigenvalue weighted by Gasteiger charge is 2.31. The van der Waals surface area contributed by atoms with Crippen LogP contribution in [0.4, 0.5) is 5.69 Å². The molecule has 138 valence electrons. The first-order chi connectivity index (χ1) is 12.0. The molecule has 2 fully saturated rings. The molecule has 2 heterocycles. The SMILES string of the molecule is Cc1ccc(N2CCN(C(=O)[C@H]3CN(C(C)C)CCN3)CC2)cc1C. The number of benzene rings is 1. The summed E-state index contributed by atoms with van der Waals surface area (Å²) in [6.45, 7) is 14.9. The molecule has 0 aromatic heterocycles. The van der Waals surface area contributed by atoms with E-state index in [1.54, 1.807) is 0 Å². The summed E-state index contributed by atoms with van der Waals surface area (Å²) in [5.74, 6) is 0.269. The molecule has 2 aliphatic heterocycles. The molecule has 2 saturated heterocycles. The fourth-order valence-electron chi connectivity index (χ4n) is 3.73. The number of amides is 1. The molecule has 1 atom stereocenters. The van der Waals surface area contributed by atoms with Gasteiger partial charge in [0.25, 0.3) is 0 Å². The lowest BCUT2D eigenvalue weighted by atomic mass is 10.1. The van der Waals surface area contributed by atoms with Crippen LogP contribution in [0.5, 0.6) is 0 Å². The Kier molecular flexibility index (Phi) is 5.64. The average molecular weight is 345 g/mol. The van der Waals surface area contributed by atoms with Gasteiger partial charge in [-0.25, -0.2) is 0 Å². The summed E-state index contributed by atoms with van der Waals surface area (Å²) in [6.07, 6.45) is 0. The van der Waals surface area contributed by atoms with Crippen molar-refractivity contribution in [2.24, 2.45) is 0 Å². The van der Waals surface area contributed by atoms with E-state index in [0.717, 1.165) is 45.8 Å². The molecule has 0 radical (unpaired) electrons. The van der Waals surface area contributed by atoms with Crippen molar-refractivity contribution in [2.75, 3.05) is 50.7 Å². The van der Waals surface area contributed by atoms with E-state index >= 15 is 0 Å². The molecular formula is C20H32N4O. The normalized spacial score (nSPS) is 22.5. The van der Waals surface area contributed by atoms with Crippen molar-refractivity contribution in [3.8, 4) is 0 Å². The number of piperazine rings is 2. The van der Waals surface area contributed by atoms with E-state index in [1.165, 1.54) is 16.8 Å². The molecule has 1 aromatic rings. The third-order valence-corrected chi connectivity index (χ3v) is 5.68. The molecule has 1 aromatic carbocycles. The number of hydrogen-bond donors (Lipinski definition) is 1. The van der Waals surface area contributed by atoms with E-state index in [4.69, 9.17) is 0 Å². The zero-order valence-electron chi connectivity index (χ0n) is 16.1. The van der Waals surface area contributed by atoms with E-state index in [2.05, 4.69) is 61.0 Å². The van der Waals surface area contributed by atoms with Gasteiger partial charge in [-0.15, -0.1) is 0 Å². The Morgan fingerprint density at radius 1 is 1.08 bits per heavy atom. The molecule has 5 nitrogen and oxygen atoms in total. The maximum absolute atomic E-state index is 12.9. The highest BCUT2D eigenvalue weighted by atomic mass is 16.2. The Labute approximate surface area is 152 Å². The van der Waals surface area contributed by atoms with Gasteiger partial charge in [0.05, 0.1) is 6.04 Å². The van der Waals surface area contributed by atoms with Gasteiger partial charge in [0, 0.05) is 57.5 Å². The van der Waals surface area contributed by atoms with Gasteiger partial charge in [-0.1, -0.05) is 6.07 Å². The fourth-order valence-corrected chi connectivity index (χ4v) is 3.73. The second-order valence-corrected chi connectivity index (χ2v) is 7.68. The summed E-state index contributed by atoms with van der Waals surface area (Å²) in [7, 11) is 0. The van der Waals surface area contributed by atoms with Crippen molar-refractivity contribution in [1.29, 1.82) is 0 Å². The molecule has 0 bridgehead atoms. The predicted octanol–water partition coefficient (Wildman–Crippen LogP) is 1.63. The van der Waals surface area contributed by atoms with Crippen LogP contribution in [-0.4, -0.2) is 73.6 Å². The van der Waals surface area contributed by atoms with Crippen LogP contribution in [-0.2, 0) is 4.79 Å². The van der Waals surface area contributed by atoms with E-state index in [9.17, 15) is 4.79 Å². The average Bonchev–Trinajstić information content (AvgIpc) is 2.63. The van der Waals surface area contributed by atoms with Crippen LogP contribution in [0, 0.1) is 13.8 Å². The molecule has 0 spiro atoms. The quantitative estimate of drug-likeness (QED) is 0.905. The van der Waals surface area contributed by atoms with Gasteiger partial charge in [0.2, 0.25) is 5.91 Å². The predicted molar refractivity (Wildman–Crippen MR) is 103 cm³/mol. The first-order valence-corrected chi connectivity index (χ1v) is 9.54. The van der Waals surface area contributed by atoms with Gasteiger partial charge in [0.1, 0.15) is 0 Å². The Morgan fingerprint density at radius 2 is 1.80 bits per heavy atom. The number of nitrogens with zero attached hydrogens (tertiary/aromatic N) is 3. The molecular weight excluding hydrogens is 312 g/mol. The van der Waals surface area contributed by atoms with Gasteiger partial charge < -0.3 is 15.1 Å². The fraction of sp³-hybridized carbons (Fsp3) is 0.650. The van der Waals surface area contributed by atoms with Crippen LogP contribution in [0.3, 0.4) is 0 Å².